The van der Waals surface area contributed by atoms with Crippen LogP contribution in [-0.4, -0.2) is 59.4 Å². The van der Waals surface area contributed by atoms with Gasteiger partial charge in [-0.15, -0.1) is 0 Å². The molecule has 0 bridgehead atoms. The van der Waals surface area contributed by atoms with Crippen LogP contribution in [0.4, 0.5) is 0 Å². The van der Waals surface area contributed by atoms with Gasteiger partial charge in [0.1, 0.15) is 4.32 Å². The number of ether oxygens (including phenoxy) is 2. The van der Waals surface area contributed by atoms with Crippen LogP contribution in [0, 0.1) is 0 Å². The predicted molar refractivity (Wildman–Crippen MR) is 137 cm³/mol. The second-order valence-electron chi connectivity index (χ2n) is 7.81. The number of carboxylic acid groups (broad SMARTS) is 1. The van der Waals surface area contributed by atoms with Crippen molar-refractivity contribution in [1.82, 2.24) is 10.2 Å². The van der Waals surface area contributed by atoms with E-state index in [2.05, 4.69) is 5.32 Å². The van der Waals surface area contributed by atoms with Gasteiger partial charge in [0, 0.05) is 25.9 Å². The average molecular weight is 509 g/mol. The monoisotopic (exact) mass is 508 g/mol. The fraction of sp³-hybridized carbons (Fsp3) is 0.500. The van der Waals surface area contributed by atoms with Crippen molar-refractivity contribution >= 4 is 52.2 Å². The quantitative estimate of drug-likeness (QED) is 0.206. The Balaban J connectivity index is 1.69. The van der Waals surface area contributed by atoms with Gasteiger partial charge in [-0.2, -0.15) is 0 Å². The Bertz CT molecular complexity index is 919. The molecule has 2 amide bonds. The summed E-state index contributed by atoms with van der Waals surface area (Å²) in [7, 11) is 3.14. The summed E-state index contributed by atoms with van der Waals surface area (Å²) in [5.41, 5.74) is 0.825. The number of carbonyl (C=O) groups is 3. The normalized spacial score (nSPS) is 14.5. The van der Waals surface area contributed by atoms with Crippen molar-refractivity contribution in [2.75, 3.05) is 27.3 Å². The van der Waals surface area contributed by atoms with Gasteiger partial charge >= 0.3 is 5.97 Å². The number of thiocarbonyl (C=S) groups is 1. The first-order valence-electron chi connectivity index (χ1n) is 11.3. The highest BCUT2D eigenvalue weighted by atomic mass is 32.2. The summed E-state index contributed by atoms with van der Waals surface area (Å²) in [6.45, 7) is 1.10. The standard InChI is InChI=1S/C24H32N2O6S2/c1-31-18-12-11-17(15-19(18)32-2)16-20-23(30)26(24(33)34-20)14-8-4-5-9-21(27)25-13-7-3-6-10-22(28)29/h11-12,15-16H,3-10,13-14H2,1-2H3,(H,25,27)(H,28,29)/b20-16-. The second-order valence-corrected chi connectivity index (χ2v) is 9.49. The molecule has 0 atom stereocenters. The van der Waals surface area contributed by atoms with Gasteiger partial charge in [0.2, 0.25) is 5.91 Å². The van der Waals surface area contributed by atoms with Crippen molar-refractivity contribution in [3.05, 3.63) is 28.7 Å². The molecule has 2 N–H and O–H groups in total. The average Bonchev–Trinajstić information content (AvgIpc) is 3.07. The number of carboxylic acids is 1. The summed E-state index contributed by atoms with van der Waals surface area (Å²) in [5, 5.41) is 11.5. The maximum Gasteiger partial charge on any atom is 0.303 e. The van der Waals surface area contributed by atoms with Gasteiger partial charge in [-0.3, -0.25) is 19.3 Å². The van der Waals surface area contributed by atoms with Crippen molar-refractivity contribution in [2.45, 2.75) is 51.4 Å². The summed E-state index contributed by atoms with van der Waals surface area (Å²) in [6, 6.07) is 5.46. The van der Waals surface area contributed by atoms with Crippen LogP contribution in [0.25, 0.3) is 6.08 Å². The third-order valence-electron chi connectivity index (χ3n) is 5.25. The van der Waals surface area contributed by atoms with Gasteiger partial charge in [-0.05, 0) is 49.5 Å². The fourth-order valence-electron chi connectivity index (χ4n) is 3.41. The van der Waals surface area contributed by atoms with Gasteiger partial charge in [0.05, 0.1) is 19.1 Å². The Morgan fingerprint density at radius 2 is 1.76 bits per heavy atom. The molecule has 0 spiro atoms. The van der Waals surface area contributed by atoms with Crippen molar-refractivity contribution < 1.29 is 29.0 Å². The summed E-state index contributed by atoms with van der Waals surface area (Å²) >= 11 is 6.68. The maximum atomic E-state index is 12.8. The highest BCUT2D eigenvalue weighted by Gasteiger charge is 2.31. The zero-order valence-corrected chi connectivity index (χ0v) is 21.3. The van der Waals surface area contributed by atoms with Crippen LogP contribution < -0.4 is 14.8 Å². The molecule has 34 heavy (non-hydrogen) atoms. The lowest BCUT2D eigenvalue weighted by atomic mass is 10.1. The molecule has 2 rings (SSSR count). The Morgan fingerprint density at radius 3 is 2.47 bits per heavy atom. The van der Waals surface area contributed by atoms with Crippen LogP contribution in [0.1, 0.15) is 56.9 Å². The van der Waals surface area contributed by atoms with Crippen molar-refractivity contribution in [3.63, 3.8) is 0 Å². The Kier molecular flexibility index (Phi) is 11.9. The van der Waals surface area contributed by atoms with E-state index in [0.717, 1.165) is 37.7 Å². The number of methoxy groups -OCH3 is 2. The third-order valence-corrected chi connectivity index (χ3v) is 6.63. The minimum absolute atomic E-state index is 0.00157. The summed E-state index contributed by atoms with van der Waals surface area (Å²) < 4.78 is 11.1. The summed E-state index contributed by atoms with van der Waals surface area (Å²) in [6.07, 6.45) is 6.92. The second kappa shape index (κ2) is 14.6. The van der Waals surface area contributed by atoms with Crippen LogP contribution in [0.5, 0.6) is 11.5 Å². The van der Waals surface area contributed by atoms with Gasteiger partial charge in [0.15, 0.2) is 11.5 Å². The van der Waals surface area contributed by atoms with E-state index >= 15 is 0 Å². The Morgan fingerprint density at radius 1 is 1.06 bits per heavy atom. The first-order valence-corrected chi connectivity index (χ1v) is 12.5. The minimum Gasteiger partial charge on any atom is -0.493 e. The van der Waals surface area contributed by atoms with Gasteiger partial charge < -0.3 is 19.9 Å². The lowest BCUT2D eigenvalue weighted by molar-refractivity contribution is -0.137. The molecule has 8 nitrogen and oxygen atoms in total. The van der Waals surface area contributed by atoms with Crippen LogP contribution in [0.2, 0.25) is 0 Å². The number of carbonyl (C=O) groups excluding carboxylic acids is 2. The molecular weight excluding hydrogens is 476 g/mol. The molecule has 186 valence electrons. The van der Waals surface area contributed by atoms with E-state index in [1.54, 1.807) is 31.3 Å². The molecule has 1 aromatic carbocycles. The maximum absolute atomic E-state index is 12.8. The van der Waals surface area contributed by atoms with E-state index in [9.17, 15) is 14.4 Å². The smallest absolute Gasteiger partial charge is 0.303 e. The van der Waals surface area contributed by atoms with E-state index < -0.39 is 5.97 Å². The molecule has 1 saturated heterocycles. The van der Waals surface area contributed by atoms with Gasteiger partial charge in [0.25, 0.3) is 5.91 Å². The number of rotatable bonds is 15. The predicted octanol–water partition coefficient (Wildman–Crippen LogP) is 4.23. The minimum atomic E-state index is -0.788. The molecule has 1 aromatic rings. The van der Waals surface area contributed by atoms with Gasteiger partial charge in [-0.1, -0.05) is 42.9 Å². The first-order chi connectivity index (χ1) is 16.3. The molecule has 1 aliphatic heterocycles. The van der Waals surface area contributed by atoms with Crippen LogP contribution in [0.3, 0.4) is 0 Å². The number of hydrogen-bond acceptors (Lipinski definition) is 7. The molecule has 0 aliphatic carbocycles. The zero-order valence-electron chi connectivity index (χ0n) is 19.6. The number of hydrogen-bond donors (Lipinski definition) is 2. The van der Waals surface area contributed by atoms with E-state index in [1.807, 2.05) is 12.1 Å². The van der Waals surface area contributed by atoms with E-state index in [1.165, 1.54) is 11.8 Å². The molecular formula is C24H32N2O6S2. The number of unbranched alkanes of at least 4 members (excludes halogenated alkanes) is 4. The number of aliphatic carboxylic acids is 1. The summed E-state index contributed by atoms with van der Waals surface area (Å²) in [4.78, 5) is 37.3. The van der Waals surface area contributed by atoms with E-state index in [-0.39, 0.29) is 18.2 Å². The number of benzene rings is 1. The molecule has 0 aromatic heterocycles. The number of thioether (sulfide) groups is 1. The number of nitrogens with zero attached hydrogens (tertiary/aromatic N) is 1. The molecule has 0 unspecified atom stereocenters. The van der Waals surface area contributed by atoms with Crippen molar-refractivity contribution in [2.24, 2.45) is 0 Å². The van der Waals surface area contributed by atoms with Crippen LogP contribution >= 0.6 is 24.0 Å². The lowest BCUT2D eigenvalue weighted by Crippen LogP contribution is -2.29. The number of amides is 2. The SMILES string of the molecule is COc1ccc(/C=C2\SC(=S)N(CCCCCC(=O)NCCCCCC(=O)O)C2=O)cc1OC. The fourth-order valence-corrected chi connectivity index (χ4v) is 4.72. The lowest BCUT2D eigenvalue weighted by Gasteiger charge is -2.14. The van der Waals surface area contributed by atoms with Crippen LogP contribution in [0.15, 0.2) is 23.1 Å². The molecule has 0 radical (unpaired) electrons. The van der Waals surface area contributed by atoms with Crippen molar-refractivity contribution in [1.29, 1.82) is 0 Å². The van der Waals surface area contributed by atoms with E-state index in [4.69, 9.17) is 26.8 Å². The topological polar surface area (TPSA) is 105 Å². The molecule has 1 fully saturated rings. The zero-order chi connectivity index (χ0) is 24.9. The first kappa shape index (κ1) is 27.7. The van der Waals surface area contributed by atoms with Crippen molar-refractivity contribution in [3.8, 4) is 11.5 Å². The highest BCUT2D eigenvalue weighted by molar-refractivity contribution is 8.26. The largest absolute Gasteiger partial charge is 0.493 e. The highest BCUT2D eigenvalue weighted by Crippen LogP contribution is 2.34. The summed E-state index contributed by atoms with van der Waals surface area (Å²) in [5.74, 6) is 0.321. The third kappa shape index (κ3) is 8.98. The number of nitrogens with one attached hydrogen (secondary N) is 1. The van der Waals surface area contributed by atoms with E-state index in [0.29, 0.717) is 46.7 Å². The van der Waals surface area contributed by atoms with Gasteiger partial charge in [-0.25, -0.2) is 0 Å². The Hall–Kier alpha value is -2.59. The molecule has 1 aliphatic rings. The Labute approximate surface area is 210 Å². The molecule has 10 heteroatoms. The molecule has 1 heterocycles. The molecule has 0 saturated carbocycles. The van der Waals surface area contributed by atoms with Crippen LogP contribution in [-0.2, 0) is 14.4 Å².